The normalized spacial score (nSPS) is 10.7. The number of ether oxygens (including phenoxy) is 1. The highest BCUT2D eigenvalue weighted by Gasteiger charge is 2.37. The quantitative estimate of drug-likeness (QED) is 0.427. The number of nitrogen functional groups attached to an aromatic ring is 2. The van der Waals surface area contributed by atoms with Gasteiger partial charge >= 0.3 is 23.3 Å². The van der Waals surface area contributed by atoms with Gasteiger partial charge in [-0.05, 0) is 29.1 Å². The Labute approximate surface area is 145 Å². The van der Waals surface area contributed by atoms with Gasteiger partial charge in [-0.15, -0.1) is 0 Å². The van der Waals surface area contributed by atoms with Crippen LogP contribution < -0.4 is 11.5 Å². The Morgan fingerprint density at radius 2 is 1.07 bits per heavy atom. The van der Waals surface area contributed by atoms with Gasteiger partial charge in [0.15, 0.2) is 10.2 Å². The number of hydrogen-bond donors (Lipinski definition) is 2. The number of nitrogens with two attached hydrogens (primary N) is 2. The van der Waals surface area contributed by atoms with E-state index < -0.39 is 67.8 Å². The Balaban J connectivity index is 2.27. The molecule has 0 saturated heterocycles. The van der Waals surface area contributed by atoms with Gasteiger partial charge in [0, 0.05) is 0 Å². The molecule has 2 aromatic heterocycles. The number of aromatic nitrogens is 4. The molecule has 0 aliphatic heterocycles. The lowest BCUT2D eigenvalue weighted by molar-refractivity contribution is -0.394. The number of nitrogens with zero attached hydrogens (tertiary/aromatic N) is 8. The van der Waals surface area contributed by atoms with E-state index in [9.17, 15) is 40.5 Å². The fraction of sp³-hybridized carbons (Fsp3) is 0.250. The molecule has 0 atom stereocenters. The van der Waals surface area contributed by atoms with Crippen molar-refractivity contribution >= 4 is 34.6 Å². The summed E-state index contributed by atoms with van der Waals surface area (Å²) >= 11 is 0. The SMILES string of the molecule is Nc1c([N+](=O)[O-])nn(COCn2nc([N+](=O)[O-])c(N)c2[N+](=O)[O-])c1[N+](=O)[O-]. The van der Waals surface area contributed by atoms with Crippen LogP contribution in [-0.2, 0) is 18.2 Å². The minimum Gasteiger partial charge on any atom is -0.385 e. The molecule has 4 N–H and O–H groups in total. The molecule has 0 unspecified atom stereocenters. The third-order valence-electron chi connectivity index (χ3n) is 3.00. The fourth-order valence-electron chi connectivity index (χ4n) is 1.96. The highest BCUT2D eigenvalue weighted by molar-refractivity contribution is 5.65. The predicted octanol–water partition coefficient (Wildman–Crippen LogP) is -0.491. The minimum absolute atomic E-state index is 0.431. The van der Waals surface area contributed by atoms with Crippen LogP contribution in [0.1, 0.15) is 0 Å². The van der Waals surface area contributed by atoms with Crippen molar-refractivity contribution in [2.45, 2.75) is 13.5 Å². The lowest BCUT2D eigenvalue weighted by Gasteiger charge is -1.98. The van der Waals surface area contributed by atoms with Crippen LogP contribution >= 0.6 is 0 Å². The summed E-state index contributed by atoms with van der Waals surface area (Å²) in [6, 6.07) is 0. The van der Waals surface area contributed by atoms with E-state index in [2.05, 4.69) is 10.2 Å². The summed E-state index contributed by atoms with van der Waals surface area (Å²) < 4.78 is 5.78. The summed E-state index contributed by atoms with van der Waals surface area (Å²) in [5.74, 6) is -3.87. The van der Waals surface area contributed by atoms with Crippen LogP contribution in [0, 0.1) is 40.5 Å². The maximum atomic E-state index is 11.0. The molecular weight excluding hydrogens is 380 g/mol. The monoisotopic (exact) mass is 388 g/mol. The first-order valence-electron chi connectivity index (χ1n) is 6.44. The van der Waals surface area contributed by atoms with Crippen molar-refractivity contribution in [3.8, 4) is 0 Å². The lowest BCUT2D eigenvalue weighted by Crippen LogP contribution is -2.13. The molecule has 27 heavy (non-hydrogen) atoms. The van der Waals surface area contributed by atoms with Crippen molar-refractivity contribution < 1.29 is 24.4 Å². The second-order valence-corrected chi connectivity index (χ2v) is 4.61. The smallest absolute Gasteiger partial charge is 0.385 e. The first-order chi connectivity index (χ1) is 12.6. The molecule has 0 saturated carbocycles. The van der Waals surface area contributed by atoms with Gasteiger partial charge in [0.2, 0.25) is 24.8 Å². The van der Waals surface area contributed by atoms with E-state index in [0.717, 1.165) is 0 Å². The first kappa shape index (κ1) is 18.9. The van der Waals surface area contributed by atoms with E-state index >= 15 is 0 Å². The summed E-state index contributed by atoms with van der Waals surface area (Å²) in [6.07, 6.45) is 0. The molecule has 2 aromatic rings. The molecule has 19 heteroatoms. The number of nitro groups is 4. The standard InChI is InChI=1S/C8H8N10O9/c9-3-5(15(19)20)11-13(7(3)17(23)24)1-27-2-14-8(18(25)26)4(10)6(12-14)16(21)22/h1-2,9-10H2. The zero-order valence-electron chi connectivity index (χ0n) is 12.8. The second-order valence-electron chi connectivity index (χ2n) is 4.61. The van der Waals surface area contributed by atoms with Crippen molar-refractivity contribution in [3.05, 3.63) is 40.5 Å². The van der Waals surface area contributed by atoms with Gasteiger partial charge < -0.3 is 51.9 Å². The lowest BCUT2D eigenvalue weighted by atomic mass is 10.5. The number of hydrogen-bond acceptors (Lipinski definition) is 13. The first-order valence-corrected chi connectivity index (χ1v) is 6.44. The molecule has 0 spiro atoms. The molecule has 2 heterocycles. The van der Waals surface area contributed by atoms with Gasteiger partial charge in [-0.3, -0.25) is 4.74 Å². The molecule has 0 aliphatic carbocycles. The van der Waals surface area contributed by atoms with Gasteiger partial charge in [-0.25, -0.2) is 0 Å². The zero-order valence-corrected chi connectivity index (χ0v) is 12.8. The summed E-state index contributed by atoms with van der Waals surface area (Å²) in [6.45, 7) is -1.61. The van der Waals surface area contributed by atoms with E-state index in [-0.39, 0.29) is 0 Å². The van der Waals surface area contributed by atoms with Crippen molar-refractivity contribution in [2.75, 3.05) is 11.5 Å². The molecule has 0 amide bonds. The number of rotatable bonds is 8. The van der Waals surface area contributed by atoms with Crippen molar-refractivity contribution in [1.82, 2.24) is 19.6 Å². The van der Waals surface area contributed by atoms with Crippen LogP contribution in [0.5, 0.6) is 0 Å². The summed E-state index contributed by atoms with van der Waals surface area (Å²) in [4.78, 5) is 39.2. The number of anilines is 2. The zero-order chi connectivity index (χ0) is 20.5. The molecule has 0 aromatic carbocycles. The molecular formula is C8H8N10O9. The van der Waals surface area contributed by atoms with Crippen LogP contribution in [0.3, 0.4) is 0 Å². The second kappa shape index (κ2) is 6.83. The van der Waals surface area contributed by atoms with E-state index in [0.29, 0.717) is 9.36 Å². The average molecular weight is 388 g/mol. The van der Waals surface area contributed by atoms with Crippen LogP contribution in [0.15, 0.2) is 0 Å². The van der Waals surface area contributed by atoms with Crippen molar-refractivity contribution in [1.29, 1.82) is 0 Å². The summed E-state index contributed by atoms with van der Waals surface area (Å²) in [5, 5.41) is 50.0. The summed E-state index contributed by atoms with van der Waals surface area (Å²) in [7, 11) is 0. The van der Waals surface area contributed by atoms with Gasteiger partial charge in [0.25, 0.3) is 0 Å². The molecule has 19 nitrogen and oxygen atoms in total. The van der Waals surface area contributed by atoms with Gasteiger partial charge in [0.05, 0.1) is 0 Å². The molecule has 0 bridgehead atoms. The Hall–Kier alpha value is -4.42. The molecule has 0 fully saturated rings. The molecule has 0 aliphatic rings. The molecule has 144 valence electrons. The van der Waals surface area contributed by atoms with Crippen LogP contribution in [0.4, 0.5) is 34.6 Å². The van der Waals surface area contributed by atoms with Crippen LogP contribution in [0.2, 0.25) is 0 Å². The topological polar surface area (TPSA) is 269 Å². The third kappa shape index (κ3) is 3.37. The van der Waals surface area contributed by atoms with Crippen LogP contribution in [0.25, 0.3) is 0 Å². The molecule has 2 rings (SSSR count). The van der Waals surface area contributed by atoms with E-state index in [4.69, 9.17) is 16.2 Å². The predicted molar refractivity (Wildman–Crippen MR) is 81.0 cm³/mol. The fourth-order valence-corrected chi connectivity index (χ4v) is 1.96. The van der Waals surface area contributed by atoms with E-state index in [1.165, 1.54) is 0 Å². The summed E-state index contributed by atoms with van der Waals surface area (Å²) in [5.41, 5.74) is 8.94. The average Bonchev–Trinajstić information content (AvgIpc) is 3.05. The highest BCUT2D eigenvalue weighted by atomic mass is 16.6. The largest absolute Gasteiger partial charge is 0.443 e. The van der Waals surface area contributed by atoms with Gasteiger partial charge in [-0.2, -0.15) is 0 Å². The minimum atomic E-state index is -1.05. The van der Waals surface area contributed by atoms with E-state index in [1.54, 1.807) is 0 Å². The van der Waals surface area contributed by atoms with Crippen LogP contribution in [-0.4, -0.2) is 39.3 Å². The van der Waals surface area contributed by atoms with Crippen molar-refractivity contribution in [2.24, 2.45) is 0 Å². The van der Waals surface area contributed by atoms with Gasteiger partial charge in [-0.1, -0.05) is 0 Å². The maximum Gasteiger partial charge on any atom is 0.443 e. The Morgan fingerprint density at radius 3 is 1.33 bits per heavy atom. The van der Waals surface area contributed by atoms with Gasteiger partial charge in [0.1, 0.15) is 0 Å². The Morgan fingerprint density at radius 1 is 0.741 bits per heavy atom. The Kier molecular flexibility index (Phi) is 4.78. The molecule has 0 radical (unpaired) electrons. The highest BCUT2D eigenvalue weighted by Crippen LogP contribution is 2.32. The van der Waals surface area contributed by atoms with E-state index in [1.807, 2.05) is 0 Å². The Bertz CT molecular complexity index is 884. The maximum absolute atomic E-state index is 11.0. The third-order valence-corrected chi connectivity index (χ3v) is 3.00. The van der Waals surface area contributed by atoms with Crippen molar-refractivity contribution in [3.63, 3.8) is 0 Å².